The molecule has 0 fully saturated rings. The molecule has 0 saturated heterocycles. The van der Waals surface area contributed by atoms with Gasteiger partial charge in [0, 0.05) is 22.3 Å². The molecule has 1 aromatic carbocycles. The molecule has 0 unspecified atom stereocenters. The van der Waals surface area contributed by atoms with E-state index in [4.69, 9.17) is 11.5 Å². The van der Waals surface area contributed by atoms with Crippen molar-refractivity contribution < 1.29 is 0 Å². The molecule has 0 amide bonds. The average Bonchev–Trinajstić information content (AvgIpc) is 2.59. The Balaban J connectivity index is 2.52. The minimum Gasteiger partial charge on any atom is -0.369 e. The zero-order valence-corrected chi connectivity index (χ0v) is 10.5. The van der Waals surface area contributed by atoms with E-state index >= 15 is 0 Å². The molecule has 16 heavy (non-hydrogen) atoms. The molecule has 2 aromatic rings. The first-order chi connectivity index (χ1) is 7.61. The zero-order valence-electron chi connectivity index (χ0n) is 8.92. The monoisotopic (exact) mass is 280 g/mol. The van der Waals surface area contributed by atoms with Gasteiger partial charge in [0.25, 0.3) is 0 Å². The van der Waals surface area contributed by atoms with Crippen molar-refractivity contribution in [2.45, 2.75) is 13.5 Å². The van der Waals surface area contributed by atoms with Crippen LogP contribution in [0.3, 0.4) is 0 Å². The molecule has 84 valence electrons. The number of rotatable bonds is 2. The lowest BCUT2D eigenvalue weighted by Gasteiger charge is -2.04. The second-order valence-electron chi connectivity index (χ2n) is 3.61. The van der Waals surface area contributed by atoms with Crippen LogP contribution >= 0.6 is 15.9 Å². The van der Waals surface area contributed by atoms with Crippen molar-refractivity contribution in [3.05, 3.63) is 33.9 Å². The second kappa shape index (κ2) is 4.27. The number of benzene rings is 1. The summed E-state index contributed by atoms with van der Waals surface area (Å²) in [6.45, 7) is 2.44. The number of halogens is 1. The molecule has 5 heteroatoms. The van der Waals surface area contributed by atoms with E-state index in [1.54, 1.807) is 0 Å². The highest BCUT2D eigenvalue weighted by Gasteiger charge is 2.08. The van der Waals surface area contributed by atoms with Crippen molar-refractivity contribution in [2.24, 2.45) is 5.73 Å². The first-order valence-electron chi connectivity index (χ1n) is 4.92. The van der Waals surface area contributed by atoms with Crippen LogP contribution in [-0.4, -0.2) is 9.97 Å². The normalized spacial score (nSPS) is 10.7. The van der Waals surface area contributed by atoms with Gasteiger partial charge in [0.2, 0.25) is 0 Å². The maximum absolute atomic E-state index is 5.66. The summed E-state index contributed by atoms with van der Waals surface area (Å²) in [4.78, 5) is 7.23. The molecule has 0 atom stereocenters. The van der Waals surface area contributed by atoms with Gasteiger partial charge in [-0.1, -0.05) is 22.0 Å². The number of aryl methyl sites for hydroxylation is 1. The molecule has 0 radical (unpaired) electrons. The molecular formula is C11H13BrN4. The van der Waals surface area contributed by atoms with E-state index in [0.29, 0.717) is 12.5 Å². The second-order valence-corrected chi connectivity index (χ2v) is 4.46. The van der Waals surface area contributed by atoms with Gasteiger partial charge in [-0.2, -0.15) is 0 Å². The van der Waals surface area contributed by atoms with Crippen LogP contribution in [0.2, 0.25) is 0 Å². The summed E-state index contributed by atoms with van der Waals surface area (Å²) in [5, 5.41) is 0. The van der Waals surface area contributed by atoms with Gasteiger partial charge in [0.15, 0.2) is 5.95 Å². The van der Waals surface area contributed by atoms with Crippen LogP contribution in [0.4, 0.5) is 5.95 Å². The maximum Gasteiger partial charge on any atom is 0.198 e. The van der Waals surface area contributed by atoms with Crippen molar-refractivity contribution in [3.8, 4) is 11.3 Å². The number of nitrogens with two attached hydrogens (primary N) is 2. The molecule has 0 spiro atoms. The first-order valence-corrected chi connectivity index (χ1v) is 5.72. The number of imidazole rings is 1. The lowest BCUT2D eigenvalue weighted by molar-refractivity contribution is 1.06. The third-order valence-electron chi connectivity index (χ3n) is 2.44. The first kappa shape index (κ1) is 11.2. The molecule has 0 aliphatic carbocycles. The largest absolute Gasteiger partial charge is 0.369 e. The standard InChI is InChI=1S/C11H13BrN4/c1-6-10(16-11(14)15-6)7-2-3-9(12)8(4-7)5-13/h2-4H,5,13H2,1H3,(H3,14,15,16). The van der Waals surface area contributed by atoms with Gasteiger partial charge in [0.1, 0.15) is 0 Å². The van der Waals surface area contributed by atoms with Gasteiger partial charge in [-0.25, -0.2) is 4.98 Å². The zero-order chi connectivity index (χ0) is 11.7. The van der Waals surface area contributed by atoms with Crippen LogP contribution in [0.15, 0.2) is 22.7 Å². The summed E-state index contributed by atoms with van der Waals surface area (Å²) >= 11 is 3.45. The van der Waals surface area contributed by atoms with Gasteiger partial charge >= 0.3 is 0 Å². The van der Waals surface area contributed by atoms with Crippen molar-refractivity contribution in [3.63, 3.8) is 0 Å². The van der Waals surface area contributed by atoms with Crippen LogP contribution in [0, 0.1) is 6.92 Å². The van der Waals surface area contributed by atoms with Crippen LogP contribution in [0.25, 0.3) is 11.3 Å². The molecule has 1 aromatic heterocycles. The van der Waals surface area contributed by atoms with E-state index in [-0.39, 0.29) is 0 Å². The number of hydrogen-bond donors (Lipinski definition) is 3. The summed E-state index contributed by atoms with van der Waals surface area (Å²) in [5.41, 5.74) is 15.2. The van der Waals surface area contributed by atoms with Crippen molar-refractivity contribution in [1.82, 2.24) is 9.97 Å². The molecule has 0 bridgehead atoms. The van der Waals surface area contributed by atoms with Crippen LogP contribution in [0.5, 0.6) is 0 Å². The Hall–Kier alpha value is -1.33. The Morgan fingerprint density at radius 1 is 1.44 bits per heavy atom. The van der Waals surface area contributed by atoms with E-state index in [2.05, 4.69) is 25.9 Å². The number of anilines is 1. The maximum atomic E-state index is 5.66. The lowest BCUT2D eigenvalue weighted by atomic mass is 10.1. The molecule has 0 saturated carbocycles. The summed E-state index contributed by atoms with van der Waals surface area (Å²) in [6.07, 6.45) is 0. The van der Waals surface area contributed by atoms with E-state index < -0.39 is 0 Å². The Kier molecular flexibility index (Phi) is 2.98. The summed E-state index contributed by atoms with van der Waals surface area (Å²) < 4.78 is 1.01. The van der Waals surface area contributed by atoms with Crippen LogP contribution < -0.4 is 11.5 Å². The molecule has 0 aliphatic heterocycles. The Morgan fingerprint density at radius 2 is 2.19 bits per heavy atom. The van der Waals surface area contributed by atoms with Crippen molar-refractivity contribution in [2.75, 3.05) is 5.73 Å². The molecule has 5 N–H and O–H groups in total. The van der Waals surface area contributed by atoms with Gasteiger partial charge in [-0.05, 0) is 24.6 Å². The fraction of sp³-hybridized carbons (Fsp3) is 0.182. The van der Waals surface area contributed by atoms with Gasteiger partial charge in [0.05, 0.1) is 5.69 Å². The Bertz CT molecular complexity index is 519. The average molecular weight is 281 g/mol. The summed E-state index contributed by atoms with van der Waals surface area (Å²) in [5.74, 6) is 0.435. The SMILES string of the molecule is Cc1[nH]c(N)nc1-c1ccc(Br)c(CN)c1. The Labute approximate surface area is 102 Å². The number of aromatic amines is 1. The van der Waals surface area contributed by atoms with Crippen molar-refractivity contribution >= 4 is 21.9 Å². The van der Waals surface area contributed by atoms with E-state index in [1.807, 2.05) is 25.1 Å². The quantitative estimate of drug-likeness (QED) is 0.789. The highest BCUT2D eigenvalue weighted by molar-refractivity contribution is 9.10. The van der Waals surface area contributed by atoms with E-state index in [9.17, 15) is 0 Å². The fourth-order valence-corrected chi connectivity index (χ4v) is 2.05. The van der Waals surface area contributed by atoms with Crippen LogP contribution in [0.1, 0.15) is 11.3 Å². The van der Waals surface area contributed by atoms with E-state index in [1.165, 1.54) is 0 Å². The van der Waals surface area contributed by atoms with E-state index in [0.717, 1.165) is 27.0 Å². The highest BCUT2D eigenvalue weighted by Crippen LogP contribution is 2.26. The predicted octanol–water partition coefficient (Wildman–Crippen LogP) is 2.19. The molecule has 0 aliphatic rings. The fourth-order valence-electron chi connectivity index (χ4n) is 1.64. The number of hydrogen-bond acceptors (Lipinski definition) is 3. The number of nitrogens with zero attached hydrogens (tertiary/aromatic N) is 1. The minimum absolute atomic E-state index is 0.435. The number of nitrogens with one attached hydrogen (secondary N) is 1. The van der Waals surface area contributed by atoms with Gasteiger partial charge < -0.3 is 16.5 Å². The molecule has 1 heterocycles. The predicted molar refractivity (Wildman–Crippen MR) is 68.8 cm³/mol. The third kappa shape index (κ3) is 1.96. The highest BCUT2D eigenvalue weighted by atomic mass is 79.9. The van der Waals surface area contributed by atoms with Gasteiger partial charge in [-0.3, -0.25) is 0 Å². The number of aromatic nitrogens is 2. The smallest absolute Gasteiger partial charge is 0.198 e. The summed E-state index contributed by atoms with van der Waals surface area (Å²) in [7, 11) is 0. The van der Waals surface area contributed by atoms with Gasteiger partial charge in [-0.15, -0.1) is 0 Å². The van der Waals surface area contributed by atoms with Crippen molar-refractivity contribution in [1.29, 1.82) is 0 Å². The molecular weight excluding hydrogens is 268 g/mol. The molecule has 4 nitrogen and oxygen atoms in total. The topological polar surface area (TPSA) is 80.7 Å². The number of H-pyrrole nitrogens is 1. The van der Waals surface area contributed by atoms with Crippen LogP contribution in [-0.2, 0) is 6.54 Å². The molecule has 2 rings (SSSR count). The summed E-state index contributed by atoms with van der Waals surface area (Å²) in [6, 6.07) is 5.99. The Morgan fingerprint density at radius 3 is 2.75 bits per heavy atom. The minimum atomic E-state index is 0.435. The lowest BCUT2D eigenvalue weighted by Crippen LogP contribution is -1.97. The number of nitrogen functional groups attached to an aromatic ring is 1. The third-order valence-corrected chi connectivity index (χ3v) is 3.22.